The van der Waals surface area contributed by atoms with E-state index >= 15 is 0 Å². The summed E-state index contributed by atoms with van der Waals surface area (Å²) in [7, 11) is 0. The van der Waals surface area contributed by atoms with Crippen LogP contribution < -0.4 is 0 Å². The van der Waals surface area contributed by atoms with Crippen LogP contribution in [0.25, 0.3) is 0 Å². The monoisotopic (exact) mass is 351 g/mol. The van der Waals surface area contributed by atoms with E-state index in [4.69, 9.17) is 0 Å². The highest BCUT2D eigenvalue weighted by Gasteiger charge is 2.40. The Morgan fingerprint density at radius 2 is 1.96 bits per heavy atom. The minimum atomic E-state index is -0.841. The SMILES string of the molecule is Cc1cccc(C(=O)N2CC[C@](O)(CN3CCc4ccccc4C3)C2)n1. The topological polar surface area (TPSA) is 56.7 Å². The largest absolute Gasteiger partial charge is 0.387 e. The molecule has 0 saturated carbocycles. The average molecular weight is 351 g/mol. The minimum Gasteiger partial charge on any atom is -0.387 e. The molecule has 0 radical (unpaired) electrons. The summed E-state index contributed by atoms with van der Waals surface area (Å²) >= 11 is 0. The molecule has 1 amide bonds. The number of aryl methyl sites for hydroxylation is 1. The number of hydrogen-bond donors (Lipinski definition) is 1. The van der Waals surface area contributed by atoms with E-state index in [-0.39, 0.29) is 5.91 Å². The van der Waals surface area contributed by atoms with Gasteiger partial charge in [0.25, 0.3) is 5.91 Å². The quantitative estimate of drug-likeness (QED) is 0.919. The average Bonchev–Trinajstić information content (AvgIpc) is 3.03. The van der Waals surface area contributed by atoms with Crippen molar-refractivity contribution in [1.29, 1.82) is 0 Å². The Bertz CT molecular complexity index is 822. The maximum atomic E-state index is 12.7. The number of carbonyl (C=O) groups excluding carboxylic acids is 1. The van der Waals surface area contributed by atoms with Gasteiger partial charge in [0.05, 0.1) is 12.1 Å². The molecule has 0 bridgehead atoms. The molecule has 1 saturated heterocycles. The van der Waals surface area contributed by atoms with Gasteiger partial charge in [0, 0.05) is 31.9 Å². The van der Waals surface area contributed by atoms with Crippen molar-refractivity contribution in [1.82, 2.24) is 14.8 Å². The van der Waals surface area contributed by atoms with Crippen molar-refractivity contribution in [2.45, 2.75) is 31.9 Å². The summed E-state index contributed by atoms with van der Waals surface area (Å²) in [5.41, 5.74) is 3.20. The lowest BCUT2D eigenvalue weighted by atomic mass is 9.97. The number of fused-ring (bicyclic) bond motifs is 1. The predicted octanol–water partition coefficient (Wildman–Crippen LogP) is 2.03. The lowest BCUT2D eigenvalue weighted by Crippen LogP contribution is -2.47. The van der Waals surface area contributed by atoms with E-state index in [1.54, 1.807) is 11.0 Å². The number of carbonyl (C=O) groups is 1. The summed E-state index contributed by atoms with van der Waals surface area (Å²) in [6.45, 7) is 5.26. The van der Waals surface area contributed by atoms with Crippen LogP contribution in [0.1, 0.15) is 33.7 Å². The molecule has 1 N–H and O–H groups in total. The predicted molar refractivity (Wildman–Crippen MR) is 99.9 cm³/mol. The second-order valence-electron chi connectivity index (χ2n) is 7.59. The summed E-state index contributed by atoms with van der Waals surface area (Å²) in [4.78, 5) is 21.0. The third kappa shape index (κ3) is 3.50. The summed E-state index contributed by atoms with van der Waals surface area (Å²) < 4.78 is 0. The second kappa shape index (κ2) is 6.82. The van der Waals surface area contributed by atoms with E-state index in [0.29, 0.717) is 31.7 Å². The first-order valence-electron chi connectivity index (χ1n) is 9.27. The van der Waals surface area contributed by atoms with E-state index in [1.807, 2.05) is 19.1 Å². The first-order valence-corrected chi connectivity index (χ1v) is 9.27. The van der Waals surface area contributed by atoms with Crippen molar-refractivity contribution in [2.24, 2.45) is 0 Å². The van der Waals surface area contributed by atoms with Crippen molar-refractivity contribution >= 4 is 5.91 Å². The number of benzene rings is 1. The van der Waals surface area contributed by atoms with Crippen LogP contribution in [0.15, 0.2) is 42.5 Å². The molecular weight excluding hydrogens is 326 g/mol. The van der Waals surface area contributed by atoms with Crippen LogP contribution in [0.5, 0.6) is 0 Å². The Kier molecular flexibility index (Phi) is 4.51. The van der Waals surface area contributed by atoms with E-state index in [2.05, 4.69) is 34.1 Å². The smallest absolute Gasteiger partial charge is 0.272 e. The van der Waals surface area contributed by atoms with Crippen LogP contribution in [0.2, 0.25) is 0 Å². The third-order valence-electron chi connectivity index (χ3n) is 5.45. The number of likely N-dealkylation sites (tertiary alicyclic amines) is 1. The molecule has 2 aromatic rings. The molecule has 1 fully saturated rings. The minimum absolute atomic E-state index is 0.0892. The maximum absolute atomic E-state index is 12.7. The van der Waals surface area contributed by atoms with Crippen molar-refractivity contribution in [3.05, 3.63) is 65.0 Å². The number of hydrogen-bond acceptors (Lipinski definition) is 4. The first-order chi connectivity index (χ1) is 12.5. The number of amides is 1. The van der Waals surface area contributed by atoms with Gasteiger partial charge in [-0.25, -0.2) is 4.98 Å². The molecule has 0 aliphatic carbocycles. The van der Waals surface area contributed by atoms with Gasteiger partial charge < -0.3 is 10.0 Å². The number of β-amino-alcohol motifs (C(OH)–C–C–N with tert-alkyl or cyclic N) is 1. The number of aliphatic hydroxyl groups is 1. The molecule has 1 atom stereocenters. The fraction of sp³-hybridized carbons (Fsp3) is 0.429. The zero-order valence-corrected chi connectivity index (χ0v) is 15.2. The van der Waals surface area contributed by atoms with Gasteiger partial charge in [0.2, 0.25) is 0 Å². The Hall–Kier alpha value is -2.24. The normalized spacial score (nSPS) is 23.1. The van der Waals surface area contributed by atoms with Gasteiger partial charge in [-0.3, -0.25) is 9.69 Å². The van der Waals surface area contributed by atoms with E-state index in [0.717, 1.165) is 25.2 Å². The van der Waals surface area contributed by atoms with Crippen LogP contribution >= 0.6 is 0 Å². The summed E-state index contributed by atoms with van der Waals surface area (Å²) in [5.74, 6) is -0.0892. The van der Waals surface area contributed by atoms with Crippen molar-refractivity contribution in [2.75, 3.05) is 26.2 Å². The Labute approximate surface area is 154 Å². The molecule has 5 heteroatoms. The Balaban J connectivity index is 1.40. The molecule has 136 valence electrons. The zero-order chi connectivity index (χ0) is 18.1. The molecule has 26 heavy (non-hydrogen) atoms. The fourth-order valence-electron chi connectivity index (χ4n) is 4.09. The van der Waals surface area contributed by atoms with Gasteiger partial charge in [-0.05, 0) is 43.0 Å². The highest BCUT2D eigenvalue weighted by atomic mass is 16.3. The van der Waals surface area contributed by atoms with E-state index in [9.17, 15) is 9.90 Å². The number of pyridine rings is 1. The molecule has 4 rings (SSSR count). The highest BCUT2D eigenvalue weighted by molar-refractivity contribution is 5.92. The number of aromatic nitrogens is 1. The third-order valence-corrected chi connectivity index (χ3v) is 5.45. The van der Waals surface area contributed by atoms with Gasteiger partial charge >= 0.3 is 0 Å². The summed E-state index contributed by atoms with van der Waals surface area (Å²) in [6, 6.07) is 14.0. The van der Waals surface area contributed by atoms with Crippen molar-refractivity contribution < 1.29 is 9.90 Å². The molecule has 3 heterocycles. The van der Waals surface area contributed by atoms with Crippen LogP contribution in [0.3, 0.4) is 0 Å². The second-order valence-corrected chi connectivity index (χ2v) is 7.59. The van der Waals surface area contributed by atoms with Crippen molar-refractivity contribution in [3.8, 4) is 0 Å². The number of nitrogens with zero attached hydrogens (tertiary/aromatic N) is 3. The van der Waals surface area contributed by atoms with Crippen LogP contribution in [0, 0.1) is 6.92 Å². The zero-order valence-electron chi connectivity index (χ0n) is 15.2. The standard InChI is InChI=1S/C21H25N3O2/c1-16-5-4-8-19(22-16)20(25)24-12-10-21(26,15-24)14-23-11-9-17-6-2-3-7-18(17)13-23/h2-8,26H,9-15H2,1H3/t21-/m0/s1. The van der Waals surface area contributed by atoms with Gasteiger partial charge in [0.1, 0.15) is 5.69 Å². The van der Waals surface area contributed by atoms with Crippen LogP contribution in [-0.4, -0.2) is 57.6 Å². The van der Waals surface area contributed by atoms with Gasteiger partial charge in [-0.15, -0.1) is 0 Å². The van der Waals surface area contributed by atoms with Gasteiger partial charge in [-0.1, -0.05) is 30.3 Å². The molecule has 0 unspecified atom stereocenters. The molecule has 5 nitrogen and oxygen atoms in total. The molecule has 2 aliphatic heterocycles. The molecule has 1 aromatic heterocycles. The highest BCUT2D eigenvalue weighted by Crippen LogP contribution is 2.26. The van der Waals surface area contributed by atoms with Crippen molar-refractivity contribution in [3.63, 3.8) is 0 Å². The molecule has 0 spiro atoms. The van der Waals surface area contributed by atoms with Crippen LogP contribution in [-0.2, 0) is 13.0 Å². The van der Waals surface area contributed by atoms with Gasteiger partial charge in [0.15, 0.2) is 0 Å². The Morgan fingerprint density at radius 1 is 1.15 bits per heavy atom. The molecule has 2 aliphatic rings. The van der Waals surface area contributed by atoms with E-state index < -0.39 is 5.60 Å². The summed E-state index contributed by atoms with van der Waals surface area (Å²) in [5, 5.41) is 11.1. The fourth-order valence-corrected chi connectivity index (χ4v) is 4.09. The molecule has 1 aromatic carbocycles. The number of rotatable bonds is 3. The first kappa shape index (κ1) is 17.2. The lowest BCUT2D eigenvalue weighted by Gasteiger charge is -2.34. The Morgan fingerprint density at radius 3 is 2.77 bits per heavy atom. The molecular formula is C21H25N3O2. The van der Waals surface area contributed by atoms with E-state index in [1.165, 1.54) is 11.1 Å². The van der Waals surface area contributed by atoms with Crippen LogP contribution in [0.4, 0.5) is 0 Å². The lowest BCUT2D eigenvalue weighted by molar-refractivity contribution is 0.00799. The maximum Gasteiger partial charge on any atom is 0.272 e. The van der Waals surface area contributed by atoms with Gasteiger partial charge in [-0.2, -0.15) is 0 Å². The summed E-state index contributed by atoms with van der Waals surface area (Å²) in [6.07, 6.45) is 1.63.